The highest BCUT2D eigenvalue weighted by Crippen LogP contribution is 2.33. The van der Waals surface area contributed by atoms with E-state index in [-0.39, 0.29) is 6.03 Å². The molecule has 0 unspecified atom stereocenters. The van der Waals surface area contributed by atoms with Crippen LogP contribution in [-0.2, 0) is 13.1 Å². The van der Waals surface area contributed by atoms with Crippen LogP contribution >= 0.6 is 0 Å². The van der Waals surface area contributed by atoms with E-state index in [9.17, 15) is 4.79 Å². The molecule has 1 aromatic heterocycles. The van der Waals surface area contributed by atoms with E-state index in [0.29, 0.717) is 19.0 Å². The summed E-state index contributed by atoms with van der Waals surface area (Å²) in [6, 6.07) is 20.6. The third kappa shape index (κ3) is 3.85. The number of hydrogen-bond acceptors (Lipinski definition) is 4. The summed E-state index contributed by atoms with van der Waals surface area (Å²) in [6.45, 7) is 2.89. The van der Waals surface area contributed by atoms with Crippen molar-refractivity contribution in [2.45, 2.75) is 31.8 Å². The van der Waals surface area contributed by atoms with Gasteiger partial charge in [-0.05, 0) is 36.5 Å². The molecule has 3 heterocycles. The van der Waals surface area contributed by atoms with Gasteiger partial charge in [-0.25, -0.2) is 14.8 Å². The maximum atomic E-state index is 13.1. The fraction of sp³-hybridized carbons (Fsp3) is 0.320. The van der Waals surface area contributed by atoms with E-state index in [1.165, 1.54) is 5.56 Å². The zero-order chi connectivity index (χ0) is 21.2. The van der Waals surface area contributed by atoms with Gasteiger partial charge in [0.25, 0.3) is 0 Å². The first-order valence-corrected chi connectivity index (χ1v) is 10.9. The number of rotatable bonds is 3. The summed E-state index contributed by atoms with van der Waals surface area (Å²) in [4.78, 5) is 28.3. The third-order valence-electron chi connectivity index (χ3n) is 6.41. The number of nitrogens with zero attached hydrogens (tertiary/aromatic N) is 5. The van der Waals surface area contributed by atoms with Crippen molar-refractivity contribution in [3.8, 4) is 0 Å². The van der Waals surface area contributed by atoms with Crippen LogP contribution in [0.3, 0.4) is 0 Å². The van der Waals surface area contributed by atoms with Gasteiger partial charge in [0.15, 0.2) is 0 Å². The Morgan fingerprint density at radius 2 is 1.55 bits per heavy atom. The SMILES string of the molecule is CN1Cc2ncnc(N3CCC(c4ccccc4)CC3)c2CN(c2ccccc2)C1=O. The molecule has 0 bridgehead atoms. The van der Waals surface area contributed by atoms with Gasteiger partial charge in [-0.3, -0.25) is 4.90 Å². The number of hydrogen-bond donors (Lipinski definition) is 0. The summed E-state index contributed by atoms with van der Waals surface area (Å²) in [6.07, 6.45) is 3.85. The van der Waals surface area contributed by atoms with E-state index in [2.05, 4.69) is 40.2 Å². The second-order valence-electron chi connectivity index (χ2n) is 8.35. The predicted molar refractivity (Wildman–Crippen MR) is 122 cm³/mol. The Kier molecular flexibility index (Phi) is 5.28. The van der Waals surface area contributed by atoms with Crippen molar-refractivity contribution in [2.24, 2.45) is 0 Å². The van der Waals surface area contributed by atoms with Crippen LogP contribution in [0.4, 0.5) is 16.3 Å². The Morgan fingerprint density at radius 3 is 2.26 bits per heavy atom. The van der Waals surface area contributed by atoms with Crippen LogP contribution in [0.1, 0.15) is 35.6 Å². The molecular weight excluding hydrogens is 386 g/mol. The highest BCUT2D eigenvalue weighted by molar-refractivity contribution is 5.92. The number of piperidine rings is 1. The molecule has 6 heteroatoms. The zero-order valence-electron chi connectivity index (χ0n) is 17.8. The predicted octanol–water partition coefficient (Wildman–Crippen LogP) is 4.43. The number of aromatic nitrogens is 2. The van der Waals surface area contributed by atoms with Gasteiger partial charge in [0.05, 0.1) is 18.8 Å². The first kappa shape index (κ1) is 19.5. The molecule has 2 aromatic carbocycles. The van der Waals surface area contributed by atoms with Crippen molar-refractivity contribution in [1.29, 1.82) is 0 Å². The molecule has 0 saturated carbocycles. The number of carbonyl (C=O) groups is 1. The number of benzene rings is 2. The monoisotopic (exact) mass is 413 g/mol. The minimum absolute atomic E-state index is 0.0158. The van der Waals surface area contributed by atoms with Gasteiger partial charge >= 0.3 is 6.03 Å². The Labute approximate surface area is 183 Å². The Hall–Kier alpha value is -3.41. The zero-order valence-corrected chi connectivity index (χ0v) is 17.8. The minimum atomic E-state index is -0.0158. The molecule has 31 heavy (non-hydrogen) atoms. The summed E-state index contributed by atoms with van der Waals surface area (Å²) in [5, 5.41) is 0. The standard InChI is InChI=1S/C25H27N5O/c1-28-17-23-22(16-30(25(28)31)21-10-6-3-7-11-21)24(27-18-26-23)29-14-12-20(13-15-29)19-8-4-2-5-9-19/h2-11,18,20H,12-17H2,1H3. The fourth-order valence-corrected chi connectivity index (χ4v) is 4.69. The summed E-state index contributed by atoms with van der Waals surface area (Å²) in [7, 11) is 1.83. The van der Waals surface area contributed by atoms with Gasteiger partial charge in [-0.2, -0.15) is 0 Å². The van der Waals surface area contributed by atoms with E-state index in [4.69, 9.17) is 4.98 Å². The summed E-state index contributed by atoms with van der Waals surface area (Å²) < 4.78 is 0. The average molecular weight is 414 g/mol. The van der Waals surface area contributed by atoms with Crippen LogP contribution in [0.15, 0.2) is 67.0 Å². The Bertz CT molecular complexity index is 1050. The summed E-state index contributed by atoms with van der Waals surface area (Å²) in [5.74, 6) is 1.56. The third-order valence-corrected chi connectivity index (χ3v) is 6.41. The number of anilines is 2. The van der Waals surface area contributed by atoms with Gasteiger partial charge in [0.1, 0.15) is 12.1 Å². The second kappa shape index (κ2) is 8.38. The lowest BCUT2D eigenvalue weighted by Crippen LogP contribution is -2.38. The van der Waals surface area contributed by atoms with Crippen LogP contribution < -0.4 is 9.80 Å². The highest BCUT2D eigenvalue weighted by atomic mass is 16.2. The van der Waals surface area contributed by atoms with Crippen LogP contribution in [0.5, 0.6) is 0 Å². The molecule has 5 rings (SSSR count). The Morgan fingerprint density at radius 1 is 0.871 bits per heavy atom. The normalized spacial score (nSPS) is 17.5. The van der Waals surface area contributed by atoms with Gasteiger partial charge in [0, 0.05) is 31.4 Å². The molecule has 158 valence electrons. The first-order valence-electron chi connectivity index (χ1n) is 10.9. The highest BCUT2D eigenvalue weighted by Gasteiger charge is 2.31. The topological polar surface area (TPSA) is 52.6 Å². The van der Waals surface area contributed by atoms with Crippen LogP contribution in [0, 0.1) is 0 Å². The van der Waals surface area contributed by atoms with Gasteiger partial charge < -0.3 is 9.80 Å². The second-order valence-corrected chi connectivity index (χ2v) is 8.35. The maximum Gasteiger partial charge on any atom is 0.324 e. The molecule has 2 aliphatic heterocycles. The van der Waals surface area contributed by atoms with Gasteiger partial charge in [0.2, 0.25) is 0 Å². The van der Waals surface area contributed by atoms with E-state index in [0.717, 1.165) is 48.7 Å². The maximum absolute atomic E-state index is 13.1. The lowest BCUT2D eigenvalue weighted by Gasteiger charge is -2.34. The van der Waals surface area contributed by atoms with Crippen LogP contribution in [0.2, 0.25) is 0 Å². The molecule has 2 aliphatic rings. The molecule has 1 saturated heterocycles. The molecule has 0 radical (unpaired) electrons. The molecule has 3 aromatic rings. The van der Waals surface area contributed by atoms with Crippen LogP contribution in [0.25, 0.3) is 0 Å². The largest absolute Gasteiger partial charge is 0.356 e. The molecule has 2 amide bonds. The minimum Gasteiger partial charge on any atom is -0.356 e. The number of urea groups is 1. The van der Waals surface area contributed by atoms with Crippen molar-refractivity contribution in [3.05, 3.63) is 83.8 Å². The first-order chi connectivity index (χ1) is 15.2. The van der Waals surface area contributed by atoms with Crippen molar-refractivity contribution < 1.29 is 4.79 Å². The summed E-state index contributed by atoms with van der Waals surface area (Å²) in [5.41, 5.74) is 4.31. The summed E-state index contributed by atoms with van der Waals surface area (Å²) >= 11 is 0. The molecule has 0 atom stereocenters. The Balaban J connectivity index is 1.43. The number of para-hydroxylation sites is 1. The van der Waals surface area contributed by atoms with Crippen molar-refractivity contribution in [3.63, 3.8) is 0 Å². The fourth-order valence-electron chi connectivity index (χ4n) is 4.69. The number of carbonyl (C=O) groups excluding carboxylic acids is 1. The van der Waals surface area contributed by atoms with E-state index >= 15 is 0 Å². The van der Waals surface area contributed by atoms with Gasteiger partial charge in [-0.1, -0.05) is 48.5 Å². The lowest BCUT2D eigenvalue weighted by molar-refractivity contribution is 0.214. The average Bonchev–Trinajstić information content (AvgIpc) is 2.96. The van der Waals surface area contributed by atoms with E-state index in [1.54, 1.807) is 11.2 Å². The van der Waals surface area contributed by atoms with Crippen molar-refractivity contribution >= 4 is 17.5 Å². The molecule has 0 N–H and O–H groups in total. The molecule has 1 fully saturated rings. The van der Waals surface area contributed by atoms with Crippen molar-refractivity contribution in [1.82, 2.24) is 14.9 Å². The molecule has 0 aliphatic carbocycles. The molecule has 6 nitrogen and oxygen atoms in total. The number of fused-ring (bicyclic) bond motifs is 1. The number of amides is 2. The van der Waals surface area contributed by atoms with E-state index < -0.39 is 0 Å². The smallest absolute Gasteiger partial charge is 0.324 e. The van der Waals surface area contributed by atoms with E-state index in [1.807, 2.05) is 42.3 Å². The van der Waals surface area contributed by atoms with Crippen LogP contribution in [-0.4, -0.2) is 41.0 Å². The molecule has 0 spiro atoms. The lowest BCUT2D eigenvalue weighted by atomic mass is 9.89. The van der Waals surface area contributed by atoms with Gasteiger partial charge in [-0.15, -0.1) is 0 Å². The molecular formula is C25H27N5O. The van der Waals surface area contributed by atoms with Crippen molar-refractivity contribution in [2.75, 3.05) is 29.9 Å². The quantitative estimate of drug-likeness (QED) is 0.637.